The van der Waals surface area contributed by atoms with Crippen LogP contribution in [0.1, 0.15) is 0 Å². The van der Waals surface area contributed by atoms with Crippen LogP contribution in [0.5, 0.6) is 0 Å². The van der Waals surface area contributed by atoms with Gasteiger partial charge in [-0.15, -0.1) is 4.91 Å². The Morgan fingerprint density at radius 2 is 1.43 bits per heavy atom. The fourth-order valence-electron chi connectivity index (χ4n) is 2.34. The van der Waals surface area contributed by atoms with E-state index in [1.165, 1.54) is 22.2 Å². The van der Waals surface area contributed by atoms with Crippen LogP contribution in [0.2, 0.25) is 0 Å². The van der Waals surface area contributed by atoms with Crippen molar-refractivity contribution in [3.63, 3.8) is 0 Å². The summed E-state index contributed by atoms with van der Waals surface area (Å²) in [6, 6.07) is 16.7. The number of nitro groups is 1. The molecule has 0 fully saturated rings. The van der Waals surface area contributed by atoms with E-state index in [1.54, 1.807) is 24.4 Å². The van der Waals surface area contributed by atoms with Gasteiger partial charge in [0, 0.05) is 29.2 Å². The summed E-state index contributed by atoms with van der Waals surface area (Å²) in [6.07, 6.45) is 3.46. The quantitative estimate of drug-likeness (QED) is 0.0911. The van der Waals surface area contributed by atoms with Crippen molar-refractivity contribution < 1.29 is 66.6 Å². The summed E-state index contributed by atoms with van der Waals surface area (Å²) < 4.78 is 1.48. The van der Waals surface area contributed by atoms with Crippen LogP contribution in [0.15, 0.2) is 81.5 Å². The van der Waals surface area contributed by atoms with Crippen LogP contribution in [0.4, 0.5) is 5.69 Å². The molecule has 0 saturated carbocycles. The van der Waals surface area contributed by atoms with Crippen LogP contribution in [-0.2, 0) is 4.99 Å². The van der Waals surface area contributed by atoms with E-state index >= 15 is 0 Å². The van der Waals surface area contributed by atoms with Gasteiger partial charge >= 0.3 is 51.4 Å². The van der Waals surface area contributed by atoms with Gasteiger partial charge in [0.25, 0.3) is 5.69 Å². The van der Waals surface area contributed by atoms with Gasteiger partial charge in [0.15, 0.2) is 0 Å². The number of nitro benzene ring substituents is 1. The molecule has 30 heavy (non-hydrogen) atoms. The smallest absolute Gasteiger partial charge is 0.635 e. The number of hydrogen-bond donors (Lipinski definition) is 0. The topological polar surface area (TPSA) is 131 Å². The molecule has 0 N–H and O–H groups in total. The second-order valence-electron chi connectivity index (χ2n) is 5.27. The third kappa shape index (κ3) is 8.04. The fraction of sp³-hybridized carbons (Fsp3) is 0. The first-order valence-corrected chi connectivity index (χ1v) is 9.35. The van der Waals surface area contributed by atoms with Crippen molar-refractivity contribution >= 4 is 59.1 Å². The van der Waals surface area contributed by atoms with Crippen molar-refractivity contribution in [1.82, 2.24) is 9.97 Å². The molecule has 2 aromatic carbocycles. The molecule has 9 nitrogen and oxygen atoms in total. The second-order valence-corrected chi connectivity index (χ2v) is 6.89. The number of nitrogens with zero attached hydrogens (tertiary/aromatic N) is 4. The molecule has 4 aromatic rings. The Hall–Kier alpha value is -1.38. The molecule has 148 valence electrons. The number of aromatic nitrogens is 2. The summed E-state index contributed by atoms with van der Waals surface area (Å²) in [5.74, 6) is 0. The van der Waals surface area contributed by atoms with Gasteiger partial charge in [0.2, 0.25) is 0 Å². The normalized spacial score (nSPS) is 9.30. The maximum atomic E-state index is 10.7. The molecule has 0 bridgehead atoms. The SMILES string of the molecule is Brc1cc2ccccc2cn1.O=NO[O-].O=[N+]([O-])c1cccc2cnc(Br)cc12.[K+]. The number of benzene rings is 2. The Kier molecular flexibility index (Phi) is 12.3. The van der Waals surface area contributed by atoms with Crippen molar-refractivity contribution in [2.75, 3.05) is 0 Å². The summed E-state index contributed by atoms with van der Waals surface area (Å²) in [5, 5.41) is 24.2. The predicted octanol–water partition coefficient (Wildman–Crippen LogP) is 1.87. The fourth-order valence-corrected chi connectivity index (χ4v) is 3.02. The molecule has 0 aliphatic heterocycles. The van der Waals surface area contributed by atoms with Gasteiger partial charge in [0.05, 0.1) is 10.3 Å². The summed E-state index contributed by atoms with van der Waals surface area (Å²) in [4.78, 5) is 29.2. The number of halogens is 2. The largest absolute Gasteiger partial charge is 1.00 e. The molecule has 0 radical (unpaired) electrons. The Morgan fingerprint density at radius 1 is 0.900 bits per heavy atom. The number of non-ortho nitro benzene ring substituents is 1. The Bertz CT molecular complexity index is 1150. The minimum absolute atomic E-state index is 0. The van der Waals surface area contributed by atoms with E-state index in [0.29, 0.717) is 9.99 Å². The first kappa shape index (κ1) is 26.7. The Morgan fingerprint density at radius 3 is 2.03 bits per heavy atom. The van der Waals surface area contributed by atoms with E-state index in [9.17, 15) is 10.1 Å². The minimum atomic E-state index is -0.394. The first-order valence-electron chi connectivity index (χ1n) is 7.77. The number of hydrogen-bond acceptors (Lipinski definition) is 8. The molecule has 2 heterocycles. The van der Waals surface area contributed by atoms with Crippen LogP contribution in [0, 0.1) is 15.0 Å². The van der Waals surface area contributed by atoms with Crippen LogP contribution in [-0.4, -0.2) is 14.9 Å². The predicted molar refractivity (Wildman–Crippen MR) is 112 cm³/mol. The van der Waals surface area contributed by atoms with Gasteiger partial charge in [-0.3, -0.25) is 10.1 Å². The molecule has 12 heteroatoms. The van der Waals surface area contributed by atoms with E-state index in [0.717, 1.165) is 9.99 Å². The van der Waals surface area contributed by atoms with Crippen LogP contribution in [0.3, 0.4) is 0 Å². The average molecular weight is 562 g/mol. The van der Waals surface area contributed by atoms with E-state index < -0.39 is 4.92 Å². The molecule has 2 aromatic heterocycles. The van der Waals surface area contributed by atoms with Gasteiger partial charge in [0.1, 0.15) is 14.5 Å². The van der Waals surface area contributed by atoms with Crippen LogP contribution in [0.25, 0.3) is 21.5 Å². The van der Waals surface area contributed by atoms with Gasteiger partial charge in [-0.05, 0) is 49.4 Å². The number of rotatable bonds is 2. The summed E-state index contributed by atoms with van der Waals surface area (Å²) >= 11 is 6.50. The molecular formula is C18H11Br2KN4O5. The zero-order chi connectivity index (χ0) is 21.2. The van der Waals surface area contributed by atoms with E-state index in [1.807, 2.05) is 24.4 Å². The molecule has 4 rings (SSSR count). The summed E-state index contributed by atoms with van der Waals surface area (Å²) in [7, 11) is 0. The number of fused-ring (bicyclic) bond motifs is 2. The average Bonchev–Trinajstić information content (AvgIpc) is 2.73. The molecule has 0 spiro atoms. The summed E-state index contributed by atoms with van der Waals surface area (Å²) in [5.41, 5.74) is 0.102. The zero-order valence-corrected chi connectivity index (χ0v) is 21.7. The molecule has 0 unspecified atom stereocenters. The van der Waals surface area contributed by atoms with Gasteiger partial charge in [-0.2, -0.15) is 0 Å². The molecule has 0 atom stereocenters. The maximum absolute atomic E-state index is 10.7. The van der Waals surface area contributed by atoms with Gasteiger partial charge in [-0.1, -0.05) is 36.4 Å². The molecule has 0 aliphatic rings. The molecule has 0 aliphatic carbocycles. The number of pyridine rings is 2. The van der Waals surface area contributed by atoms with Crippen molar-refractivity contribution in [1.29, 1.82) is 0 Å². The first-order chi connectivity index (χ1) is 14.0. The van der Waals surface area contributed by atoms with Crippen molar-refractivity contribution in [3.05, 3.63) is 91.2 Å². The van der Waals surface area contributed by atoms with Crippen LogP contribution >= 0.6 is 31.9 Å². The van der Waals surface area contributed by atoms with E-state index in [4.69, 9.17) is 10.2 Å². The zero-order valence-electron chi connectivity index (χ0n) is 15.4. The molecule has 0 saturated heterocycles. The van der Waals surface area contributed by atoms with Gasteiger partial charge < -0.3 is 10.2 Å². The molecular weight excluding hydrogens is 551 g/mol. The van der Waals surface area contributed by atoms with Crippen molar-refractivity contribution in [2.45, 2.75) is 0 Å². The minimum Gasteiger partial charge on any atom is -0.635 e. The van der Waals surface area contributed by atoms with Crippen LogP contribution < -0.4 is 56.6 Å². The standard InChI is InChI=1S/C9H5BrN2O2.C9H6BrN.K.HNO3/c10-9-4-7-6(5-11-9)2-1-3-8(7)12(13)14;10-9-5-7-3-1-2-4-8(7)6-11-9;;2-1-4-3/h1-5H;1-6H;;3H/q;;+1;/p-1. The third-order valence-corrected chi connectivity index (χ3v) is 4.40. The van der Waals surface area contributed by atoms with Gasteiger partial charge in [-0.25, -0.2) is 9.97 Å². The van der Waals surface area contributed by atoms with E-state index in [-0.39, 0.29) is 57.1 Å². The van der Waals surface area contributed by atoms with E-state index in [2.05, 4.69) is 58.9 Å². The van der Waals surface area contributed by atoms with Crippen molar-refractivity contribution in [3.8, 4) is 0 Å². The Labute approximate surface area is 229 Å². The Balaban J connectivity index is 0.000000253. The summed E-state index contributed by atoms with van der Waals surface area (Å²) in [6.45, 7) is 0. The maximum Gasteiger partial charge on any atom is 1.00 e. The monoisotopic (exact) mass is 560 g/mol. The molecule has 0 amide bonds. The second kappa shape index (κ2) is 13.8. The third-order valence-electron chi connectivity index (χ3n) is 3.53. The van der Waals surface area contributed by atoms with Crippen molar-refractivity contribution in [2.24, 2.45) is 5.34 Å².